The number of hydrogen-bond donors (Lipinski definition) is 1. The van der Waals surface area contributed by atoms with Gasteiger partial charge in [-0.2, -0.15) is 0 Å². The van der Waals surface area contributed by atoms with E-state index in [-0.39, 0.29) is 24.2 Å². The van der Waals surface area contributed by atoms with E-state index in [4.69, 9.17) is 4.74 Å². The van der Waals surface area contributed by atoms with E-state index in [2.05, 4.69) is 5.32 Å². The zero-order valence-electron chi connectivity index (χ0n) is 12.8. The number of rotatable bonds is 4. The maximum absolute atomic E-state index is 12.3. The minimum absolute atomic E-state index is 0.0235. The number of piperidine rings is 1. The van der Waals surface area contributed by atoms with Crippen LogP contribution in [0.15, 0.2) is 18.2 Å². The Morgan fingerprint density at radius 1 is 1.48 bits per heavy atom. The summed E-state index contributed by atoms with van der Waals surface area (Å²) in [6.07, 6.45) is 0.974. The van der Waals surface area contributed by atoms with Crippen molar-refractivity contribution >= 4 is 17.5 Å². The van der Waals surface area contributed by atoms with Gasteiger partial charge in [-0.05, 0) is 38.0 Å². The van der Waals surface area contributed by atoms with Crippen LogP contribution in [0.4, 0.5) is 5.69 Å². The highest BCUT2D eigenvalue weighted by Crippen LogP contribution is 2.27. The Morgan fingerprint density at radius 3 is 2.90 bits per heavy atom. The number of hydrogen-bond acceptors (Lipinski definition) is 3. The minimum Gasteiger partial charge on any atom is -0.492 e. The molecule has 0 bridgehead atoms. The largest absolute Gasteiger partial charge is 0.492 e. The molecule has 1 aromatic rings. The quantitative estimate of drug-likeness (QED) is 0.925. The first kappa shape index (κ1) is 15.4. The first-order chi connectivity index (χ1) is 10.0. The SMILES string of the molecule is CCOc1cc(C)ccc1NC(=O)C1CCN(C)C(=O)C1. The molecule has 1 N–H and O–H groups in total. The number of nitrogens with zero attached hydrogens (tertiary/aromatic N) is 1. The average Bonchev–Trinajstić information content (AvgIpc) is 2.45. The van der Waals surface area contributed by atoms with Crippen LogP contribution in [0, 0.1) is 12.8 Å². The Kier molecular flexibility index (Phi) is 4.83. The highest BCUT2D eigenvalue weighted by Gasteiger charge is 2.28. The predicted octanol–water partition coefficient (Wildman–Crippen LogP) is 2.20. The molecule has 5 heteroatoms. The van der Waals surface area contributed by atoms with Gasteiger partial charge in [0.2, 0.25) is 11.8 Å². The molecule has 2 rings (SSSR count). The van der Waals surface area contributed by atoms with Gasteiger partial charge in [0.1, 0.15) is 5.75 Å². The Labute approximate surface area is 125 Å². The van der Waals surface area contributed by atoms with Crippen molar-refractivity contribution < 1.29 is 14.3 Å². The maximum atomic E-state index is 12.3. The van der Waals surface area contributed by atoms with Crippen LogP contribution in [-0.2, 0) is 9.59 Å². The van der Waals surface area contributed by atoms with Crippen molar-refractivity contribution in [2.75, 3.05) is 25.5 Å². The summed E-state index contributed by atoms with van der Waals surface area (Å²) in [4.78, 5) is 25.7. The fourth-order valence-corrected chi connectivity index (χ4v) is 2.41. The number of carbonyl (C=O) groups is 2. The van der Waals surface area contributed by atoms with Gasteiger partial charge in [-0.3, -0.25) is 9.59 Å². The second-order valence-corrected chi connectivity index (χ2v) is 5.43. The van der Waals surface area contributed by atoms with Gasteiger partial charge in [0.25, 0.3) is 0 Å². The number of aryl methyl sites for hydroxylation is 1. The first-order valence-electron chi connectivity index (χ1n) is 7.29. The maximum Gasteiger partial charge on any atom is 0.228 e. The number of anilines is 1. The van der Waals surface area contributed by atoms with Crippen molar-refractivity contribution in [1.29, 1.82) is 0 Å². The summed E-state index contributed by atoms with van der Waals surface area (Å²) in [7, 11) is 1.77. The van der Waals surface area contributed by atoms with Gasteiger partial charge in [0.05, 0.1) is 12.3 Å². The lowest BCUT2D eigenvalue weighted by molar-refractivity contribution is -0.137. The molecule has 1 saturated heterocycles. The number of carbonyl (C=O) groups excluding carboxylic acids is 2. The molecular formula is C16H22N2O3. The van der Waals surface area contributed by atoms with Gasteiger partial charge in [0.15, 0.2) is 0 Å². The number of nitrogens with one attached hydrogen (secondary N) is 1. The van der Waals surface area contributed by atoms with E-state index in [9.17, 15) is 9.59 Å². The zero-order valence-corrected chi connectivity index (χ0v) is 12.8. The fourth-order valence-electron chi connectivity index (χ4n) is 2.41. The summed E-state index contributed by atoms with van der Waals surface area (Å²) in [6.45, 7) is 5.05. The molecule has 21 heavy (non-hydrogen) atoms. The second-order valence-electron chi connectivity index (χ2n) is 5.43. The predicted molar refractivity (Wildman–Crippen MR) is 81.3 cm³/mol. The number of benzene rings is 1. The van der Waals surface area contributed by atoms with Gasteiger partial charge < -0.3 is 15.0 Å². The molecule has 1 aliphatic rings. The molecular weight excluding hydrogens is 268 g/mol. The summed E-state index contributed by atoms with van der Waals surface area (Å²) in [5, 5.41) is 2.89. The molecule has 1 aromatic carbocycles. The zero-order chi connectivity index (χ0) is 15.4. The standard InChI is InChI=1S/C16H22N2O3/c1-4-21-14-9-11(2)5-6-13(14)17-16(20)12-7-8-18(3)15(19)10-12/h5-6,9,12H,4,7-8,10H2,1-3H3,(H,17,20). The third kappa shape index (κ3) is 3.74. The van der Waals surface area contributed by atoms with Gasteiger partial charge in [0, 0.05) is 25.9 Å². The van der Waals surface area contributed by atoms with Crippen molar-refractivity contribution in [3.63, 3.8) is 0 Å². The summed E-state index contributed by atoms with van der Waals surface area (Å²) in [5.41, 5.74) is 1.74. The van der Waals surface area contributed by atoms with Crippen molar-refractivity contribution in [3.8, 4) is 5.75 Å². The van der Waals surface area contributed by atoms with E-state index in [0.717, 1.165) is 5.56 Å². The van der Waals surface area contributed by atoms with Crippen molar-refractivity contribution in [2.24, 2.45) is 5.92 Å². The van der Waals surface area contributed by atoms with Crippen molar-refractivity contribution in [3.05, 3.63) is 23.8 Å². The Morgan fingerprint density at radius 2 is 2.24 bits per heavy atom. The number of likely N-dealkylation sites (tertiary alicyclic amines) is 1. The molecule has 114 valence electrons. The van der Waals surface area contributed by atoms with Gasteiger partial charge >= 0.3 is 0 Å². The smallest absolute Gasteiger partial charge is 0.228 e. The Hall–Kier alpha value is -2.04. The lowest BCUT2D eigenvalue weighted by atomic mass is 9.95. The van der Waals surface area contributed by atoms with E-state index >= 15 is 0 Å². The van der Waals surface area contributed by atoms with Crippen molar-refractivity contribution in [2.45, 2.75) is 26.7 Å². The molecule has 1 atom stereocenters. The van der Waals surface area contributed by atoms with Gasteiger partial charge in [-0.25, -0.2) is 0 Å². The minimum atomic E-state index is -0.260. The topological polar surface area (TPSA) is 58.6 Å². The lowest BCUT2D eigenvalue weighted by Gasteiger charge is -2.28. The lowest BCUT2D eigenvalue weighted by Crippen LogP contribution is -2.39. The van der Waals surface area contributed by atoms with Crippen LogP contribution in [-0.4, -0.2) is 36.9 Å². The molecule has 0 radical (unpaired) electrons. The van der Waals surface area contributed by atoms with E-state index in [1.54, 1.807) is 11.9 Å². The molecule has 2 amide bonds. The van der Waals surface area contributed by atoms with E-state index in [0.29, 0.717) is 31.0 Å². The molecule has 0 spiro atoms. The molecule has 0 saturated carbocycles. The monoisotopic (exact) mass is 290 g/mol. The molecule has 0 aliphatic carbocycles. The summed E-state index contributed by atoms with van der Waals surface area (Å²) in [5.74, 6) is 0.325. The molecule has 1 heterocycles. The van der Waals surface area contributed by atoms with Crippen LogP contribution in [0.5, 0.6) is 5.75 Å². The average molecular weight is 290 g/mol. The van der Waals surface area contributed by atoms with Crippen LogP contribution in [0.2, 0.25) is 0 Å². The molecule has 5 nitrogen and oxygen atoms in total. The normalized spacial score (nSPS) is 18.5. The Bertz CT molecular complexity index is 542. The number of ether oxygens (including phenoxy) is 1. The third-order valence-electron chi connectivity index (χ3n) is 3.73. The van der Waals surface area contributed by atoms with Crippen LogP contribution in [0.1, 0.15) is 25.3 Å². The Balaban J connectivity index is 2.07. The fraction of sp³-hybridized carbons (Fsp3) is 0.500. The highest BCUT2D eigenvalue weighted by molar-refractivity contribution is 5.96. The molecule has 0 aromatic heterocycles. The van der Waals surface area contributed by atoms with Crippen LogP contribution < -0.4 is 10.1 Å². The van der Waals surface area contributed by atoms with Gasteiger partial charge in [-0.1, -0.05) is 6.07 Å². The molecule has 1 unspecified atom stereocenters. The first-order valence-corrected chi connectivity index (χ1v) is 7.29. The van der Waals surface area contributed by atoms with Crippen molar-refractivity contribution in [1.82, 2.24) is 4.90 Å². The molecule has 1 fully saturated rings. The summed E-state index contributed by atoms with van der Waals surface area (Å²) >= 11 is 0. The summed E-state index contributed by atoms with van der Waals surface area (Å²) < 4.78 is 5.55. The second kappa shape index (κ2) is 6.61. The highest BCUT2D eigenvalue weighted by atomic mass is 16.5. The van der Waals surface area contributed by atoms with Crippen LogP contribution >= 0.6 is 0 Å². The van der Waals surface area contributed by atoms with Crippen LogP contribution in [0.25, 0.3) is 0 Å². The van der Waals surface area contributed by atoms with Gasteiger partial charge in [-0.15, -0.1) is 0 Å². The van der Waals surface area contributed by atoms with E-state index < -0.39 is 0 Å². The summed E-state index contributed by atoms with van der Waals surface area (Å²) in [6, 6.07) is 5.67. The third-order valence-corrected chi connectivity index (χ3v) is 3.73. The van der Waals surface area contributed by atoms with Crippen LogP contribution in [0.3, 0.4) is 0 Å². The van der Waals surface area contributed by atoms with E-state index in [1.165, 1.54) is 0 Å². The number of amides is 2. The van der Waals surface area contributed by atoms with E-state index in [1.807, 2.05) is 32.0 Å². The molecule has 1 aliphatic heterocycles.